The Morgan fingerprint density at radius 2 is 1.90 bits per heavy atom. The molecule has 6 nitrogen and oxygen atoms in total. The molecule has 2 aromatic rings. The average molecular weight is 495 g/mol. The Morgan fingerprint density at radius 3 is 2.60 bits per heavy atom. The fourth-order valence-corrected chi connectivity index (χ4v) is 5.43. The number of hydrogen-bond acceptors (Lipinski definition) is 5. The van der Waals surface area contributed by atoms with Gasteiger partial charge >= 0.3 is 0 Å². The number of carbonyl (C=O) groups excluding carboxylic acids is 1. The molecule has 0 bridgehead atoms. The van der Waals surface area contributed by atoms with Gasteiger partial charge in [-0.2, -0.15) is 0 Å². The normalized spacial score (nSPS) is 15.7. The third-order valence-corrected chi connectivity index (χ3v) is 7.13. The predicted molar refractivity (Wildman–Crippen MR) is 121 cm³/mol. The van der Waals surface area contributed by atoms with Gasteiger partial charge < -0.3 is 10.1 Å². The highest BCUT2D eigenvalue weighted by Crippen LogP contribution is 2.21. The zero-order valence-corrected chi connectivity index (χ0v) is 19.4. The Hall–Kier alpha value is -1.90. The number of methoxy groups -OCH3 is 1. The lowest BCUT2D eigenvalue weighted by atomic mass is 10.0. The molecule has 162 valence electrons. The van der Waals surface area contributed by atoms with E-state index < -0.39 is 21.5 Å². The summed E-state index contributed by atoms with van der Waals surface area (Å²) >= 11 is 3.33. The molecular formula is C22H27BrN2O4S. The summed E-state index contributed by atoms with van der Waals surface area (Å²) in [4.78, 5) is 14.6. The molecule has 0 unspecified atom stereocenters. The Morgan fingerprint density at radius 1 is 1.17 bits per heavy atom. The van der Waals surface area contributed by atoms with E-state index >= 15 is 0 Å². The second-order valence-corrected chi connectivity index (χ2v) is 10.6. The highest BCUT2D eigenvalue weighted by Gasteiger charge is 2.24. The Balaban J connectivity index is 1.45. The second kappa shape index (κ2) is 10.4. The molecule has 0 aromatic heterocycles. The fraction of sp³-hybridized carbons (Fsp3) is 0.409. The van der Waals surface area contributed by atoms with Crippen molar-refractivity contribution in [1.29, 1.82) is 0 Å². The largest absolute Gasteiger partial charge is 0.496 e. The van der Waals surface area contributed by atoms with E-state index in [1.54, 1.807) is 25.3 Å². The third kappa shape index (κ3) is 6.82. The number of halogens is 1. The van der Waals surface area contributed by atoms with E-state index in [0.717, 1.165) is 48.3 Å². The van der Waals surface area contributed by atoms with Gasteiger partial charge in [-0.05, 0) is 36.6 Å². The fourth-order valence-electron chi connectivity index (χ4n) is 3.71. The van der Waals surface area contributed by atoms with Crippen LogP contribution in [0.4, 0.5) is 0 Å². The summed E-state index contributed by atoms with van der Waals surface area (Å²) < 4.78 is 31.0. The Kier molecular flexibility index (Phi) is 7.91. The van der Waals surface area contributed by atoms with Gasteiger partial charge in [0.1, 0.15) is 11.5 Å². The number of piperidine rings is 1. The van der Waals surface area contributed by atoms with Gasteiger partial charge in [-0.15, -0.1) is 0 Å². The van der Waals surface area contributed by atoms with Crippen LogP contribution in [0.1, 0.15) is 24.0 Å². The van der Waals surface area contributed by atoms with Crippen molar-refractivity contribution in [2.24, 2.45) is 0 Å². The van der Waals surface area contributed by atoms with E-state index in [4.69, 9.17) is 4.74 Å². The first-order valence-corrected chi connectivity index (χ1v) is 12.5. The zero-order valence-electron chi connectivity index (χ0n) is 17.0. The van der Waals surface area contributed by atoms with Crippen molar-refractivity contribution < 1.29 is 17.9 Å². The van der Waals surface area contributed by atoms with Gasteiger partial charge in [0.25, 0.3) is 0 Å². The second-order valence-electron chi connectivity index (χ2n) is 7.59. The maximum absolute atomic E-state index is 12.4. The first-order chi connectivity index (χ1) is 14.3. The predicted octanol–water partition coefficient (Wildman–Crippen LogP) is 3.15. The molecular weight excluding hydrogens is 468 g/mol. The highest BCUT2D eigenvalue weighted by molar-refractivity contribution is 9.10. The van der Waals surface area contributed by atoms with Crippen LogP contribution >= 0.6 is 15.9 Å². The van der Waals surface area contributed by atoms with Crippen LogP contribution in [0.5, 0.6) is 5.75 Å². The van der Waals surface area contributed by atoms with Crippen LogP contribution in [0.15, 0.2) is 53.0 Å². The number of likely N-dealkylation sites (tertiary alicyclic amines) is 1. The molecule has 0 radical (unpaired) electrons. The number of rotatable bonds is 8. The average Bonchev–Trinajstić information content (AvgIpc) is 2.69. The number of hydrogen-bond donors (Lipinski definition) is 1. The van der Waals surface area contributed by atoms with Crippen LogP contribution in [0, 0.1) is 0 Å². The zero-order chi connectivity index (χ0) is 21.6. The van der Waals surface area contributed by atoms with Gasteiger partial charge in [-0.25, -0.2) is 8.42 Å². The summed E-state index contributed by atoms with van der Waals surface area (Å²) in [5.41, 5.74) is 1.81. The number of sulfone groups is 1. The van der Waals surface area contributed by atoms with Gasteiger partial charge in [0.05, 0.1) is 12.9 Å². The lowest BCUT2D eigenvalue weighted by Gasteiger charge is -2.32. The molecule has 1 fully saturated rings. The molecule has 0 atom stereocenters. The van der Waals surface area contributed by atoms with Crippen LogP contribution in [0.25, 0.3) is 0 Å². The minimum atomic E-state index is -3.52. The SMILES string of the molecule is COc1ccccc1CN1CCC(NC(=O)CS(=O)(=O)Cc2cccc(Br)c2)CC1. The monoisotopic (exact) mass is 494 g/mol. The lowest BCUT2D eigenvalue weighted by Crippen LogP contribution is -2.45. The minimum Gasteiger partial charge on any atom is -0.496 e. The summed E-state index contributed by atoms with van der Waals surface area (Å²) in [7, 11) is -1.85. The van der Waals surface area contributed by atoms with E-state index in [-0.39, 0.29) is 11.8 Å². The molecule has 1 N–H and O–H groups in total. The third-order valence-electron chi connectivity index (χ3n) is 5.17. The van der Waals surface area contributed by atoms with Crippen molar-refractivity contribution in [3.63, 3.8) is 0 Å². The topological polar surface area (TPSA) is 75.7 Å². The molecule has 0 saturated carbocycles. The van der Waals surface area contributed by atoms with Gasteiger partial charge in [-0.3, -0.25) is 9.69 Å². The van der Waals surface area contributed by atoms with Gasteiger partial charge in [0.15, 0.2) is 9.84 Å². The number of ether oxygens (including phenoxy) is 1. The first-order valence-electron chi connectivity index (χ1n) is 9.93. The van der Waals surface area contributed by atoms with E-state index in [0.29, 0.717) is 5.56 Å². The van der Waals surface area contributed by atoms with Crippen LogP contribution in [0.3, 0.4) is 0 Å². The Labute approximate surface area is 186 Å². The van der Waals surface area contributed by atoms with E-state index in [9.17, 15) is 13.2 Å². The van der Waals surface area contributed by atoms with Gasteiger partial charge in [-0.1, -0.05) is 46.3 Å². The summed E-state index contributed by atoms with van der Waals surface area (Å²) in [6, 6.07) is 15.1. The lowest BCUT2D eigenvalue weighted by molar-refractivity contribution is -0.119. The molecule has 3 rings (SSSR count). The highest BCUT2D eigenvalue weighted by atomic mass is 79.9. The van der Waals surface area contributed by atoms with Crippen LogP contribution in [-0.2, 0) is 26.9 Å². The summed E-state index contributed by atoms with van der Waals surface area (Å²) in [5.74, 6) is -0.172. The molecule has 0 aliphatic carbocycles. The molecule has 1 aliphatic heterocycles. The van der Waals surface area contributed by atoms with Crippen molar-refractivity contribution in [2.45, 2.75) is 31.2 Å². The van der Waals surface area contributed by atoms with Gasteiger partial charge in [0, 0.05) is 35.7 Å². The maximum atomic E-state index is 12.4. The molecule has 2 aromatic carbocycles. The molecule has 8 heteroatoms. The molecule has 1 heterocycles. The summed E-state index contributed by atoms with van der Waals surface area (Å²) in [6.07, 6.45) is 1.60. The standard InChI is InChI=1S/C22H27BrN2O4S/c1-29-21-8-3-2-6-18(21)14-25-11-9-20(10-12-25)24-22(26)16-30(27,28)15-17-5-4-7-19(23)13-17/h2-8,13,20H,9-12,14-16H2,1H3,(H,24,26). The number of amides is 1. The van der Waals surface area contributed by atoms with Crippen molar-refractivity contribution in [3.05, 3.63) is 64.1 Å². The number of nitrogens with zero attached hydrogens (tertiary/aromatic N) is 1. The van der Waals surface area contributed by atoms with E-state index in [1.165, 1.54) is 0 Å². The molecule has 1 aliphatic rings. The van der Waals surface area contributed by atoms with Crippen molar-refractivity contribution in [3.8, 4) is 5.75 Å². The minimum absolute atomic E-state index is 0.00693. The van der Waals surface area contributed by atoms with Crippen molar-refractivity contribution >= 4 is 31.7 Å². The molecule has 0 spiro atoms. The quantitative estimate of drug-likeness (QED) is 0.609. The first kappa shape index (κ1) is 22.8. The summed E-state index contributed by atoms with van der Waals surface area (Å²) in [5, 5.41) is 2.90. The van der Waals surface area contributed by atoms with E-state index in [2.05, 4.69) is 32.2 Å². The number of benzene rings is 2. The van der Waals surface area contributed by atoms with Crippen molar-refractivity contribution in [2.75, 3.05) is 26.0 Å². The molecule has 30 heavy (non-hydrogen) atoms. The smallest absolute Gasteiger partial charge is 0.235 e. The summed E-state index contributed by atoms with van der Waals surface area (Å²) in [6.45, 7) is 2.48. The van der Waals surface area contributed by atoms with E-state index in [1.807, 2.05) is 24.3 Å². The molecule has 1 saturated heterocycles. The van der Waals surface area contributed by atoms with Crippen LogP contribution < -0.4 is 10.1 Å². The van der Waals surface area contributed by atoms with Crippen LogP contribution in [0.2, 0.25) is 0 Å². The van der Waals surface area contributed by atoms with Crippen molar-refractivity contribution in [1.82, 2.24) is 10.2 Å². The number of para-hydroxylation sites is 1. The maximum Gasteiger partial charge on any atom is 0.235 e. The number of nitrogens with one attached hydrogen (secondary N) is 1. The molecule has 1 amide bonds. The Bertz CT molecular complexity index is 973. The van der Waals surface area contributed by atoms with Crippen LogP contribution in [-0.4, -0.2) is 51.2 Å². The number of carbonyl (C=O) groups is 1. The van der Waals surface area contributed by atoms with Gasteiger partial charge in [0.2, 0.25) is 5.91 Å².